The van der Waals surface area contributed by atoms with Gasteiger partial charge in [-0.2, -0.15) is 0 Å². The van der Waals surface area contributed by atoms with Gasteiger partial charge in [0.1, 0.15) is 29.3 Å². The third-order valence-electron chi connectivity index (χ3n) is 6.23. The first-order valence-corrected chi connectivity index (χ1v) is 13.7. The highest BCUT2D eigenvalue weighted by Crippen LogP contribution is 2.58. The Morgan fingerprint density at radius 1 is 0.625 bits per heavy atom. The average molecular weight is 570 g/mol. The number of halogens is 2. The summed E-state index contributed by atoms with van der Waals surface area (Å²) >= 11 is 3.70. The van der Waals surface area contributed by atoms with Crippen molar-refractivity contribution < 1.29 is 0 Å². The number of benzene rings is 3. The molecule has 4 aromatic rings. The van der Waals surface area contributed by atoms with Gasteiger partial charge in [-0.3, -0.25) is 4.98 Å². The minimum Gasteiger partial charge on any atom is -0.258 e. The molecule has 0 saturated heterocycles. The summed E-state index contributed by atoms with van der Waals surface area (Å²) in [6.45, 7) is 6.56. The molecule has 4 heteroatoms. The van der Waals surface area contributed by atoms with E-state index >= 15 is 0 Å². The quantitative estimate of drug-likeness (QED) is 0.180. The van der Waals surface area contributed by atoms with Crippen LogP contribution >= 0.6 is 40.2 Å². The van der Waals surface area contributed by atoms with E-state index in [-0.39, 0.29) is 17.0 Å². The summed E-state index contributed by atoms with van der Waals surface area (Å²) < 4.78 is 0. The lowest BCUT2D eigenvalue weighted by Gasteiger charge is -2.29. The zero-order valence-corrected chi connectivity index (χ0v) is 22.9. The van der Waals surface area contributed by atoms with E-state index in [9.17, 15) is 0 Å². The normalized spacial score (nSPS) is 11.1. The van der Waals surface area contributed by atoms with E-state index < -0.39 is 7.26 Å². The first-order chi connectivity index (χ1) is 15.1. The van der Waals surface area contributed by atoms with Gasteiger partial charge in [0.05, 0.1) is 0 Å². The Balaban J connectivity index is 0.00000289. The van der Waals surface area contributed by atoms with Gasteiger partial charge in [-0.15, -0.1) is 17.0 Å². The monoisotopic (exact) mass is 568 g/mol. The molecule has 0 aliphatic heterocycles. The lowest BCUT2D eigenvalue weighted by Crippen LogP contribution is -2.33. The van der Waals surface area contributed by atoms with Gasteiger partial charge >= 0.3 is 0 Å². The number of aryl methyl sites for hydroxylation is 2. The number of hydrogen-bond donors (Lipinski definition) is 0. The molecule has 0 fully saturated rings. The van der Waals surface area contributed by atoms with Crippen LogP contribution in [0.25, 0.3) is 0 Å². The van der Waals surface area contributed by atoms with Crippen LogP contribution in [0.5, 0.6) is 0 Å². The van der Waals surface area contributed by atoms with E-state index in [4.69, 9.17) is 4.98 Å². The fourth-order valence-corrected chi connectivity index (χ4v) is 9.80. The van der Waals surface area contributed by atoms with Crippen molar-refractivity contribution in [2.75, 3.05) is 0 Å². The Bertz CT molecular complexity index is 1070. The van der Waals surface area contributed by atoms with E-state index in [1.165, 1.54) is 32.6 Å². The second-order valence-electron chi connectivity index (χ2n) is 7.97. The zero-order valence-electron chi connectivity index (χ0n) is 18.8. The van der Waals surface area contributed by atoms with Crippen LogP contribution in [0.1, 0.15) is 28.1 Å². The van der Waals surface area contributed by atoms with Crippen molar-refractivity contribution in [3.8, 4) is 0 Å². The van der Waals surface area contributed by atoms with Crippen molar-refractivity contribution in [3.63, 3.8) is 0 Å². The molecule has 0 atom stereocenters. The Labute approximate surface area is 211 Å². The Morgan fingerprint density at radius 2 is 1.00 bits per heavy atom. The van der Waals surface area contributed by atoms with E-state index in [1.807, 2.05) is 0 Å². The lowest BCUT2D eigenvalue weighted by molar-refractivity contribution is 1.02. The predicted molar refractivity (Wildman–Crippen MR) is 150 cm³/mol. The van der Waals surface area contributed by atoms with Crippen LogP contribution in [-0.4, -0.2) is 4.98 Å². The van der Waals surface area contributed by atoms with Gasteiger partial charge in [-0.1, -0.05) is 70.5 Å². The van der Waals surface area contributed by atoms with Gasteiger partial charge in [0.25, 0.3) is 0 Å². The molecule has 0 saturated carbocycles. The molecule has 1 aromatic heterocycles. The SMILES string of the molecule is Br.Cc1nc(C)c(C[P+](c2ccccc2)(c2ccccc2)c2ccccc2)c(C)c1CBr. The van der Waals surface area contributed by atoms with Gasteiger partial charge < -0.3 is 0 Å². The molecule has 3 aromatic carbocycles. The van der Waals surface area contributed by atoms with Gasteiger partial charge in [0, 0.05) is 22.3 Å². The van der Waals surface area contributed by atoms with E-state index in [2.05, 4.69) is 128 Å². The van der Waals surface area contributed by atoms with Crippen molar-refractivity contribution in [1.29, 1.82) is 0 Å². The first-order valence-electron chi connectivity index (χ1n) is 10.6. The summed E-state index contributed by atoms with van der Waals surface area (Å²) in [7, 11) is -1.93. The number of pyridine rings is 1. The van der Waals surface area contributed by atoms with Crippen LogP contribution in [0.3, 0.4) is 0 Å². The second-order valence-corrected chi connectivity index (χ2v) is 12.0. The zero-order chi connectivity index (χ0) is 21.8. The summed E-state index contributed by atoms with van der Waals surface area (Å²) in [5.74, 6) is 0. The molecule has 1 heterocycles. The van der Waals surface area contributed by atoms with Crippen LogP contribution in [-0.2, 0) is 11.5 Å². The molecule has 0 N–H and O–H groups in total. The summed E-state index contributed by atoms with van der Waals surface area (Å²) in [5.41, 5.74) is 6.33. The summed E-state index contributed by atoms with van der Waals surface area (Å²) in [6.07, 6.45) is 0.968. The molecule has 32 heavy (non-hydrogen) atoms. The van der Waals surface area contributed by atoms with Gasteiger partial charge in [-0.25, -0.2) is 0 Å². The third-order valence-corrected chi connectivity index (χ3v) is 11.1. The number of hydrogen-bond acceptors (Lipinski definition) is 1. The third kappa shape index (κ3) is 4.62. The summed E-state index contributed by atoms with van der Waals surface area (Å²) in [4.78, 5) is 4.96. The standard InChI is InChI=1S/C28H28BrNP.BrH/c1-21-27(19-29)22(2)30-23(3)28(21)20-31(24-13-7-4-8-14-24,25-15-9-5-10-16-25)26-17-11-6-12-18-26;/h4-18H,19-20H2,1-3H3;1H/q+1;. The van der Waals surface area contributed by atoms with E-state index in [1.54, 1.807) is 0 Å². The van der Waals surface area contributed by atoms with Crippen molar-refractivity contribution in [3.05, 3.63) is 119 Å². The van der Waals surface area contributed by atoms with Crippen LogP contribution in [0.2, 0.25) is 0 Å². The average Bonchev–Trinajstić information content (AvgIpc) is 2.81. The maximum absolute atomic E-state index is 4.96. The van der Waals surface area contributed by atoms with Crippen LogP contribution < -0.4 is 15.9 Å². The van der Waals surface area contributed by atoms with E-state index in [0.29, 0.717) is 0 Å². The Hall–Kier alpha value is -1.80. The molecule has 0 radical (unpaired) electrons. The maximum atomic E-state index is 4.96. The molecule has 4 rings (SSSR count). The molecular formula is C28H29Br2NP+. The van der Waals surface area contributed by atoms with Gasteiger partial charge in [0.15, 0.2) is 0 Å². The first kappa shape index (κ1) is 24.8. The highest BCUT2D eigenvalue weighted by Gasteiger charge is 2.46. The molecule has 164 valence electrons. The Kier molecular flexibility index (Phi) is 8.44. The largest absolute Gasteiger partial charge is 0.258 e. The number of aromatic nitrogens is 1. The molecule has 0 aliphatic carbocycles. The fraction of sp³-hybridized carbons (Fsp3) is 0.179. The maximum Gasteiger partial charge on any atom is 0.116 e. The van der Waals surface area contributed by atoms with Crippen molar-refractivity contribution in [2.24, 2.45) is 0 Å². The van der Waals surface area contributed by atoms with Crippen LogP contribution in [0.4, 0.5) is 0 Å². The van der Waals surface area contributed by atoms with Gasteiger partial charge in [-0.05, 0) is 68.3 Å². The fourth-order valence-electron chi connectivity index (χ4n) is 4.55. The number of nitrogens with zero attached hydrogens (tertiary/aromatic N) is 1. The predicted octanol–water partition coefficient (Wildman–Crippen LogP) is 6.97. The summed E-state index contributed by atoms with van der Waals surface area (Å²) in [6, 6.07) is 33.2. The Morgan fingerprint density at radius 3 is 1.38 bits per heavy atom. The minimum atomic E-state index is -1.93. The molecular weight excluding hydrogens is 541 g/mol. The topological polar surface area (TPSA) is 12.9 Å². The molecule has 0 aliphatic rings. The van der Waals surface area contributed by atoms with Gasteiger partial charge in [0.2, 0.25) is 0 Å². The van der Waals surface area contributed by atoms with E-state index in [0.717, 1.165) is 22.9 Å². The second kappa shape index (κ2) is 10.9. The molecule has 1 nitrogen and oxygen atoms in total. The summed E-state index contributed by atoms with van der Waals surface area (Å²) in [5, 5.41) is 5.06. The van der Waals surface area contributed by atoms with Crippen molar-refractivity contribution in [1.82, 2.24) is 4.98 Å². The van der Waals surface area contributed by atoms with Crippen LogP contribution in [0.15, 0.2) is 91.0 Å². The molecule has 0 bridgehead atoms. The van der Waals surface area contributed by atoms with Crippen molar-refractivity contribution in [2.45, 2.75) is 32.3 Å². The highest BCUT2D eigenvalue weighted by molar-refractivity contribution is 9.08. The lowest BCUT2D eigenvalue weighted by atomic mass is 10.0. The van der Waals surface area contributed by atoms with Crippen molar-refractivity contribution >= 4 is 56.1 Å². The molecule has 0 amide bonds. The smallest absolute Gasteiger partial charge is 0.116 e. The number of rotatable bonds is 6. The molecule has 0 unspecified atom stereocenters. The minimum absolute atomic E-state index is 0. The highest BCUT2D eigenvalue weighted by atomic mass is 79.9. The number of alkyl halides is 1. The molecule has 0 spiro atoms. The van der Waals surface area contributed by atoms with Crippen LogP contribution in [0, 0.1) is 20.8 Å².